The molecular weight excluding hydrogens is 448 g/mol. The van der Waals surface area contributed by atoms with Gasteiger partial charge in [0, 0.05) is 18.0 Å². The topological polar surface area (TPSA) is 80.1 Å². The first-order valence-electron chi connectivity index (χ1n) is 10.8. The smallest absolute Gasteiger partial charge is 0.165 e. The van der Waals surface area contributed by atoms with Gasteiger partial charge < -0.3 is 28.4 Å². The van der Waals surface area contributed by atoms with Crippen LogP contribution >= 0.6 is 0 Å². The SMILES string of the molecule is COc1ccc(C=NC(/N=C/c2ccc(OC)c(OC)c2)c2ccc(OC)c(OC)c2)cc1OC. The van der Waals surface area contributed by atoms with Crippen molar-refractivity contribution < 1.29 is 28.4 Å². The third-order valence-corrected chi connectivity index (χ3v) is 5.25. The molecule has 0 N–H and O–H groups in total. The van der Waals surface area contributed by atoms with Gasteiger partial charge in [-0.05, 0) is 59.7 Å². The summed E-state index contributed by atoms with van der Waals surface area (Å²) in [5, 5.41) is 0. The fourth-order valence-corrected chi connectivity index (χ4v) is 3.40. The third-order valence-electron chi connectivity index (χ3n) is 5.25. The molecule has 0 saturated carbocycles. The van der Waals surface area contributed by atoms with Gasteiger partial charge in [-0.3, -0.25) is 9.98 Å². The first kappa shape index (κ1) is 25.4. The second-order valence-corrected chi connectivity index (χ2v) is 7.27. The van der Waals surface area contributed by atoms with Gasteiger partial charge in [-0.25, -0.2) is 0 Å². The maximum absolute atomic E-state index is 5.47. The van der Waals surface area contributed by atoms with Gasteiger partial charge in [0.2, 0.25) is 0 Å². The molecule has 184 valence electrons. The van der Waals surface area contributed by atoms with Crippen molar-refractivity contribution in [2.24, 2.45) is 9.98 Å². The lowest BCUT2D eigenvalue weighted by Crippen LogP contribution is -1.99. The summed E-state index contributed by atoms with van der Waals surface area (Å²) in [4.78, 5) is 9.49. The maximum atomic E-state index is 5.47. The fraction of sp³-hybridized carbons (Fsp3) is 0.259. The number of methoxy groups -OCH3 is 6. The summed E-state index contributed by atoms with van der Waals surface area (Å²) in [5.41, 5.74) is 2.51. The number of rotatable bonds is 11. The van der Waals surface area contributed by atoms with E-state index in [1.165, 1.54) is 0 Å². The Bertz CT molecular complexity index is 1130. The van der Waals surface area contributed by atoms with Crippen LogP contribution in [0.5, 0.6) is 34.5 Å². The summed E-state index contributed by atoms with van der Waals surface area (Å²) in [6, 6.07) is 16.8. The second kappa shape index (κ2) is 12.3. The lowest BCUT2D eigenvalue weighted by atomic mass is 10.1. The second-order valence-electron chi connectivity index (χ2n) is 7.27. The van der Waals surface area contributed by atoms with E-state index < -0.39 is 6.17 Å². The minimum absolute atomic E-state index is 0.545. The maximum Gasteiger partial charge on any atom is 0.165 e. The Morgan fingerprint density at radius 3 is 1.26 bits per heavy atom. The molecule has 0 fully saturated rings. The van der Waals surface area contributed by atoms with Crippen molar-refractivity contribution in [3.8, 4) is 34.5 Å². The number of benzene rings is 3. The van der Waals surface area contributed by atoms with Crippen LogP contribution in [0.1, 0.15) is 22.9 Å². The summed E-state index contributed by atoms with van der Waals surface area (Å²) in [6.07, 6.45) is 2.95. The molecule has 0 aliphatic rings. The molecule has 0 aromatic heterocycles. The predicted octanol–water partition coefficient (Wildman–Crippen LogP) is 4.98. The van der Waals surface area contributed by atoms with Crippen LogP contribution in [-0.2, 0) is 0 Å². The number of nitrogens with zero attached hydrogens (tertiary/aromatic N) is 2. The number of aliphatic imine (C=N–C) groups is 2. The van der Waals surface area contributed by atoms with Crippen LogP contribution in [0.3, 0.4) is 0 Å². The molecule has 0 heterocycles. The third kappa shape index (κ3) is 6.23. The molecule has 3 aromatic rings. The molecule has 0 radical (unpaired) electrons. The Hall–Kier alpha value is -4.20. The average Bonchev–Trinajstić information content (AvgIpc) is 2.92. The summed E-state index contributed by atoms with van der Waals surface area (Å²) < 4.78 is 32.3. The van der Waals surface area contributed by atoms with E-state index in [2.05, 4.69) is 0 Å². The molecule has 1 atom stereocenters. The lowest BCUT2D eigenvalue weighted by molar-refractivity contribution is 0.354. The van der Waals surface area contributed by atoms with E-state index in [-0.39, 0.29) is 0 Å². The van der Waals surface area contributed by atoms with Crippen LogP contribution in [0.4, 0.5) is 0 Å². The molecule has 1 unspecified atom stereocenters. The highest BCUT2D eigenvalue weighted by molar-refractivity contribution is 5.83. The minimum atomic E-state index is -0.545. The fourth-order valence-electron chi connectivity index (χ4n) is 3.40. The van der Waals surface area contributed by atoms with Crippen LogP contribution in [0, 0.1) is 0 Å². The molecular formula is C27H30N2O6. The van der Waals surface area contributed by atoms with E-state index in [1.54, 1.807) is 55.1 Å². The summed E-state index contributed by atoms with van der Waals surface area (Å²) in [5.74, 6) is 3.75. The number of hydrogen-bond acceptors (Lipinski definition) is 8. The molecule has 0 aliphatic carbocycles. The Labute approximate surface area is 205 Å². The first-order valence-corrected chi connectivity index (χ1v) is 10.8. The van der Waals surface area contributed by atoms with E-state index in [4.69, 9.17) is 38.4 Å². The quantitative estimate of drug-likeness (QED) is 0.362. The van der Waals surface area contributed by atoms with Crippen LogP contribution in [0.15, 0.2) is 64.6 Å². The lowest BCUT2D eigenvalue weighted by Gasteiger charge is -2.13. The highest BCUT2D eigenvalue weighted by Gasteiger charge is 2.13. The van der Waals surface area contributed by atoms with Crippen molar-refractivity contribution in [2.45, 2.75) is 6.17 Å². The highest BCUT2D eigenvalue weighted by Crippen LogP contribution is 2.33. The molecule has 3 rings (SSSR count). The molecule has 0 saturated heterocycles. The van der Waals surface area contributed by atoms with Gasteiger partial charge in [-0.2, -0.15) is 0 Å². The van der Waals surface area contributed by atoms with E-state index >= 15 is 0 Å². The predicted molar refractivity (Wildman–Crippen MR) is 137 cm³/mol. The van der Waals surface area contributed by atoms with Gasteiger partial charge in [-0.15, -0.1) is 0 Å². The van der Waals surface area contributed by atoms with Gasteiger partial charge in [0.1, 0.15) is 0 Å². The van der Waals surface area contributed by atoms with E-state index in [9.17, 15) is 0 Å². The van der Waals surface area contributed by atoms with Crippen LogP contribution < -0.4 is 28.4 Å². The van der Waals surface area contributed by atoms with E-state index in [0.29, 0.717) is 34.5 Å². The van der Waals surface area contributed by atoms with Crippen molar-refractivity contribution in [2.75, 3.05) is 42.7 Å². The van der Waals surface area contributed by atoms with E-state index in [1.807, 2.05) is 54.6 Å². The minimum Gasteiger partial charge on any atom is -0.493 e. The Morgan fingerprint density at radius 2 is 0.857 bits per heavy atom. The molecule has 3 aromatic carbocycles. The van der Waals surface area contributed by atoms with Gasteiger partial charge in [-0.1, -0.05) is 6.07 Å². The average molecular weight is 479 g/mol. The highest BCUT2D eigenvalue weighted by atomic mass is 16.5. The van der Waals surface area contributed by atoms with Gasteiger partial charge in [0.25, 0.3) is 0 Å². The molecule has 8 heteroatoms. The van der Waals surface area contributed by atoms with Crippen molar-refractivity contribution in [1.82, 2.24) is 0 Å². The van der Waals surface area contributed by atoms with Crippen molar-refractivity contribution in [3.05, 3.63) is 71.3 Å². The Balaban J connectivity index is 1.99. The molecule has 0 bridgehead atoms. The Kier molecular flexibility index (Phi) is 8.95. The summed E-state index contributed by atoms with van der Waals surface area (Å²) >= 11 is 0. The van der Waals surface area contributed by atoms with Crippen LogP contribution in [0.25, 0.3) is 0 Å². The molecule has 0 aliphatic heterocycles. The van der Waals surface area contributed by atoms with E-state index in [0.717, 1.165) is 16.7 Å². The van der Waals surface area contributed by atoms with Gasteiger partial charge >= 0.3 is 0 Å². The van der Waals surface area contributed by atoms with Crippen molar-refractivity contribution in [1.29, 1.82) is 0 Å². The monoisotopic (exact) mass is 478 g/mol. The molecule has 0 amide bonds. The molecule has 8 nitrogen and oxygen atoms in total. The van der Waals surface area contributed by atoms with Gasteiger partial charge in [0.15, 0.2) is 40.7 Å². The summed E-state index contributed by atoms with van der Waals surface area (Å²) in [6.45, 7) is 0. The zero-order chi connectivity index (χ0) is 25.2. The van der Waals surface area contributed by atoms with Crippen LogP contribution in [-0.4, -0.2) is 55.1 Å². The normalized spacial score (nSPS) is 11.9. The van der Waals surface area contributed by atoms with Gasteiger partial charge in [0.05, 0.1) is 42.7 Å². The number of ether oxygens (including phenoxy) is 6. The first-order chi connectivity index (χ1) is 17.1. The number of hydrogen-bond donors (Lipinski definition) is 0. The van der Waals surface area contributed by atoms with Crippen LogP contribution in [0.2, 0.25) is 0 Å². The zero-order valence-corrected chi connectivity index (χ0v) is 20.8. The summed E-state index contributed by atoms with van der Waals surface area (Å²) in [7, 11) is 9.58. The standard InChI is InChI=1S/C27H30N2O6/c1-30-21-10-7-18(13-24(21)33-4)16-28-27(20-9-12-23(32-3)26(15-20)35-6)29-17-19-8-11-22(31-2)25(14-19)34-5/h7-17,27H,1-6H3/b28-16+,29-17?. The Morgan fingerprint density at radius 1 is 0.486 bits per heavy atom. The van der Waals surface area contributed by atoms with Crippen molar-refractivity contribution >= 4 is 12.4 Å². The largest absolute Gasteiger partial charge is 0.493 e. The zero-order valence-electron chi connectivity index (χ0n) is 20.8. The molecule has 0 spiro atoms. The molecule has 35 heavy (non-hydrogen) atoms. The van der Waals surface area contributed by atoms with Crippen molar-refractivity contribution in [3.63, 3.8) is 0 Å².